The molecule has 11 heteroatoms. The molecule has 3 N–H and O–H groups in total. The van der Waals surface area contributed by atoms with E-state index in [0.29, 0.717) is 35.9 Å². The molecule has 0 spiro atoms. The number of amides is 3. The van der Waals surface area contributed by atoms with E-state index in [1.165, 1.54) is 6.92 Å². The summed E-state index contributed by atoms with van der Waals surface area (Å²) in [5.74, 6) is -0.395. The second-order valence-electron chi connectivity index (χ2n) is 10.7. The molecule has 0 radical (unpaired) electrons. The Morgan fingerprint density at radius 1 is 0.787 bits per heavy atom. The Morgan fingerprint density at radius 3 is 1.94 bits per heavy atom. The first-order valence-corrected chi connectivity index (χ1v) is 15.5. The second kappa shape index (κ2) is 15.0. The third kappa shape index (κ3) is 7.70. The first-order chi connectivity index (χ1) is 22.8. The van der Waals surface area contributed by atoms with Gasteiger partial charge >= 0.3 is 5.91 Å². The average Bonchev–Trinajstić information content (AvgIpc) is 3.34. The molecule has 0 fully saturated rings. The number of hydrazone groups is 1. The Labute approximate surface area is 274 Å². The van der Waals surface area contributed by atoms with Crippen LogP contribution in [0.25, 0.3) is 0 Å². The molecule has 0 bridgehead atoms. The van der Waals surface area contributed by atoms with Gasteiger partial charge in [-0.2, -0.15) is 5.01 Å². The van der Waals surface area contributed by atoms with Crippen molar-refractivity contribution in [3.8, 4) is 11.5 Å². The molecule has 4 aromatic rings. The van der Waals surface area contributed by atoms with Crippen molar-refractivity contribution in [3.63, 3.8) is 0 Å². The van der Waals surface area contributed by atoms with Crippen LogP contribution in [0.4, 0.5) is 17.1 Å². The molecule has 0 aromatic heterocycles. The average molecular weight is 635 g/mol. The van der Waals surface area contributed by atoms with Crippen LogP contribution in [0.3, 0.4) is 0 Å². The summed E-state index contributed by atoms with van der Waals surface area (Å²) in [6.07, 6.45) is 0. The van der Waals surface area contributed by atoms with Crippen LogP contribution in [0.1, 0.15) is 31.1 Å². The largest absolute Gasteiger partial charge is 0.490 e. The van der Waals surface area contributed by atoms with Crippen LogP contribution in [0.15, 0.2) is 114 Å². The second-order valence-corrected chi connectivity index (χ2v) is 10.7. The van der Waals surface area contributed by atoms with E-state index >= 15 is 0 Å². The van der Waals surface area contributed by atoms with Crippen LogP contribution >= 0.6 is 0 Å². The fourth-order valence-electron chi connectivity index (χ4n) is 5.14. The fourth-order valence-corrected chi connectivity index (χ4v) is 5.14. The van der Waals surface area contributed by atoms with Crippen molar-refractivity contribution in [1.82, 2.24) is 10.6 Å². The third-order valence-corrected chi connectivity index (χ3v) is 7.47. The number of para-hydroxylation sites is 2. The molecule has 1 heterocycles. The monoisotopic (exact) mass is 634 g/mol. The molecule has 0 aliphatic carbocycles. The van der Waals surface area contributed by atoms with Crippen molar-refractivity contribution >= 4 is 40.6 Å². The molecule has 0 saturated carbocycles. The molecule has 4 aromatic carbocycles. The van der Waals surface area contributed by atoms with Gasteiger partial charge < -0.3 is 30.3 Å². The molecular formula is C36H38N6O5. The first kappa shape index (κ1) is 32.6. The number of ether oxygens (including phenoxy) is 2. The zero-order valence-corrected chi connectivity index (χ0v) is 26.6. The van der Waals surface area contributed by atoms with Gasteiger partial charge in [0.25, 0.3) is 11.6 Å². The summed E-state index contributed by atoms with van der Waals surface area (Å²) >= 11 is 0. The molecule has 3 amide bonds. The highest BCUT2D eigenvalue weighted by atomic mass is 16.5. The van der Waals surface area contributed by atoms with Crippen LogP contribution in [0.2, 0.25) is 0 Å². The lowest BCUT2D eigenvalue weighted by atomic mass is 10.1. The summed E-state index contributed by atoms with van der Waals surface area (Å²) < 4.78 is 11.4. The number of anilines is 3. The molecule has 242 valence electrons. The van der Waals surface area contributed by atoms with E-state index in [1.807, 2.05) is 60.7 Å². The first-order valence-electron chi connectivity index (χ1n) is 15.5. The number of rotatable bonds is 13. The summed E-state index contributed by atoms with van der Waals surface area (Å²) in [7, 11) is 0. The third-order valence-electron chi connectivity index (χ3n) is 7.47. The Balaban J connectivity index is 1.37. The van der Waals surface area contributed by atoms with Gasteiger partial charge in [-0.15, -0.1) is 5.10 Å². The van der Waals surface area contributed by atoms with Crippen LogP contribution < -0.4 is 35.3 Å². The molecule has 1 aliphatic heterocycles. The number of carbonyl (C=O) groups is 3. The van der Waals surface area contributed by atoms with Crippen LogP contribution in [-0.2, 0) is 9.59 Å². The van der Waals surface area contributed by atoms with Crippen molar-refractivity contribution in [2.24, 2.45) is 5.10 Å². The van der Waals surface area contributed by atoms with E-state index in [-0.39, 0.29) is 5.84 Å². The minimum Gasteiger partial charge on any atom is -0.490 e. The number of carbonyl (C=O) groups excluding carboxylic acids is 3. The van der Waals surface area contributed by atoms with Gasteiger partial charge in [0.1, 0.15) is 24.7 Å². The number of nitrogens with zero attached hydrogens (tertiary/aromatic N) is 3. The zero-order valence-electron chi connectivity index (χ0n) is 26.6. The van der Waals surface area contributed by atoms with Gasteiger partial charge in [-0.1, -0.05) is 36.4 Å². The molecule has 1 aliphatic rings. The van der Waals surface area contributed by atoms with Gasteiger partial charge in [0.05, 0.1) is 5.69 Å². The molecule has 11 nitrogen and oxygen atoms in total. The van der Waals surface area contributed by atoms with Crippen LogP contribution in [0.5, 0.6) is 11.5 Å². The maximum atomic E-state index is 14.2. The minimum atomic E-state index is -1.91. The summed E-state index contributed by atoms with van der Waals surface area (Å²) in [4.78, 5) is 42.5. The van der Waals surface area contributed by atoms with Crippen LogP contribution in [0, 0.1) is 0 Å². The summed E-state index contributed by atoms with van der Waals surface area (Å²) in [5.41, 5.74) is 0.406. The highest BCUT2D eigenvalue weighted by molar-refractivity contribution is 6.28. The number of hydrogen-bond acceptors (Lipinski definition) is 8. The van der Waals surface area contributed by atoms with E-state index in [1.54, 1.807) is 48.5 Å². The van der Waals surface area contributed by atoms with E-state index in [9.17, 15) is 14.4 Å². The molecule has 1 unspecified atom stereocenters. The van der Waals surface area contributed by atoms with Gasteiger partial charge in [0.15, 0.2) is 5.84 Å². The number of nitrogens with one attached hydrogen (secondary N) is 3. The lowest BCUT2D eigenvalue weighted by molar-refractivity contribution is -0.127. The SMILES string of the molecule is CCN(CC)c1ccc(NC2(NC(C)=O)C(=O)N(c3ccccc3)N=C2NC(=O)c2ccc(OCCOc3ccccc3)cc2)cc1. The highest BCUT2D eigenvalue weighted by Crippen LogP contribution is 2.29. The van der Waals surface area contributed by atoms with Crippen molar-refractivity contribution < 1.29 is 23.9 Å². The van der Waals surface area contributed by atoms with Crippen molar-refractivity contribution in [1.29, 1.82) is 0 Å². The van der Waals surface area contributed by atoms with Gasteiger partial charge in [0.2, 0.25) is 5.91 Å². The number of amidine groups is 1. The van der Waals surface area contributed by atoms with Crippen molar-refractivity contribution in [2.75, 3.05) is 41.5 Å². The van der Waals surface area contributed by atoms with Gasteiger partial charge in [0, 0.05) is 37.0 Å². The zero-order chi connectivity index (χ0) is 33.2. The van der Waals surface area contributed by atoms with Gasteiger partial charge in [-0.3, -0.25) is 14.4 Å². The van der Waals surface area contributed by atoms with E-state index in [0.717, 1.165) is 29.5 Å². The van der Waals surface area contributed by atoms with E-state index in [2.05, 4.69) is 39.8 Å². The van der Waals surface area contributed by atoms with E-state index in [4.69, 9.17) is 9.47 Å². The molecule has 47 heavy (non-hydrogen) atoms. The predicted molar refractivity (Wildman–Crippen MR) is 183 cm³/mol. The Kier molecular flexibility index (Phi) is 10.4. The molecular weight excluding hydrogens is 596 g/mol. The molecule has 1 atom stereocenters. The topological polar surface area (TPSA) is 125 Å². The van der Waals surface area contributed by atoms with Crippen molar-refractivity contribution in [2.45, 2.75) is 26.4 Å². The van der Waals surface area contributed by atoms with Gasteiger partial charge in [-0.05, 0) is 86.6 Å². The normalized spacial score (nSPS) is 15.4. The standard InChI is InChI=1S/C36H38N6O5/c1-4-41(5-2)29-20-18-28(19-21-29)39-36(38-26(3)43)34(40-42(35(36)45)30-12-8-6-9-13-30)37-33(44)27-16-22-32(23-17-27)47-25-24-46-31-14-10-7-11-15-31/h6-23,39H,4-5,24-25H2,1-3H3,(H,38,43)(H,37,40,44). The quantitative estimate of drug-likeness (QED) is 0.139. The lowest BCUT2D eigenvalue weighted by Crippen LogP contribution is -2.67. The maximum absolute atomic E-state index is 14.2. The molecule has 0 saturated heterocycles. The fraction of sp³-hybridized carbons (Fsp3) is 0.222. The number of hydrogen-bond donors (Lipinski definition) is 3. The summed E-state index contributed by atoms with van der Waals surface area (Å²) in [6, 6.07) is 32.3. The highest BCUT2D eigenvalue weighted by Gasteiger charge is 2.54. The predicted octanol–water partition coefficient (Wildman–Crippen LogP) is 5.03. The van der Waals surface area contributed by atoms with E-state index < -0.39 is 23.4 Å². The summed E-state index contributed by atoms with van der Waals surface area (Å²) in [6.45, 7) is 7.79. The summed E-state index contributed by atoms with van der Waals surface area (Å²) in [5, 5.41) is 14.4. The minimum absolute atomic E-state index is 0.0854. The Bertz CT molecular complexity index is 1690. The number of benzene rings is 4. The van der Waals surface area contributed by atoms with Gasteiger partial charge in [-0.25, -0.2) is 0 Å². The Morgan fingerprint density at radius 2 is 1.36 bits per heavy atom. The maximum Gasteiger partial charge on any atom is 0.302 e. The molecule has 5 rings (SSSR count). The smallest absolute Gasteiger partial charge is 0.302 e. The van der Waals surface area contributed by atoms with Crippen molar-refractivity contribution in [3.05, 3.63) is 115 Å². The lowest BCUT2D eigenvalue weighted by Gasteiger charge is -2.31. The Hall–Kier alpha value is -5.84. The van der Waals surface area contributed by atoms with Crippen LogP contribution in [-0.4, -0.2) is 55.5 Å².